The number of aryl methyl sites for hydroxylation is 2. The number of anilines is 1. The average Bonchev–Trinajstić information content (AvgIpc) is 1.52. The van der Waals surface area contributed by atoms with Crippen molar-refractivity contribution < 1.29 is 89.8 Å². The molecule has 40 heteroatoms. The summed E-state index contributed by atoms with van der Waals surface area (Å²) >= 11 is 22.1. The number of ether oxygens (including phenoxy) is 2. The molecular formula is C84H72BrCl3FN15O19S. The summed E-state index contributed by atoms with van der Waals surface area (Å²) in [5, 5.41) is 72.4. The molecule has 0 unspecified atom stereocenters. The molecule has 6 heterocycles. The number of amides is 7. The molecule has 0 aliphatic carbocycles. The third-order valence-electron chi connectivity index (χ3n) is 15.1. The van der Waals surface area contributed by atoms with Gasteiger partial charge in [0.25, 0.3) is 35.2 Å². The van der Waals surface area contributed by atoms with Crippen molar-refractivity contribution in [2.24, 2.45) is 35.7 Å². The Kier molecular flexibility index (Phi) is 38.2. The first-order valence-electron chi connectivity index (χ1n) is 36.1. The quantitative estimate of drug-likeness (QED) is 0.0104. The van der Waals surface area contributed by atoms with Crippen molar-refractivity contribution >= 4 is 158 Å². The number of carbonyl (C=O) groups is 7. The predicted octanol–water partition coefficient (Wildman–Crippen LogP) is 16.2. The second-order valence-corrected chi connectivity index (χ2v) is 27.6. The van der Waals surface area contributed by atoms with Crippen LogP contribution in [0.1, 0.15) is 117 Å². The van der Waals surface area contributed by atoms with Gasteiger partial charge in [0.15, 0.2) is 5.17 Å². The molecule has 7 aromatic carbocycles. The minimum Gasteiger partial charge on any atom is -0.508 e. The monoisotopic (exact) mass is 1830 g/mol. The molecular weight excluding hydrogens is 1760 g/mol. The zero-order valence-corrected chi connectivity index (χ0v) is 69.8. The summed E-state index contributed by atoms with van der Waals surface area (Å²) < 4.78 is 50.3. The van der Waals surface area contributed by atoms with Crippen molar-refractivity contribution in [1.82, 2.24) is 32.4 Å². The maximum absolute atomic E-state index is 12.9. The van der Waals surface area contributed by atoms with Gasteiger partial charge < -0.3 is 57.5 Å². The van der Waals surface area contributed by atoms with Gasteiger partial charge in [-0.15, -0.1) is 5.10 Å². The molecule has 1 aliphatic heterocycles. The standard InChI is InChI=1S/C19H14FN3O3.C15H14Cl2N2O3.C14H13BrN2O3.C14H10ClN3O4.C13H12N2O4.C9H9N3O2S/c20-15-8-6-13(7-9-15)18(24)22-16-4-1-3-14(11-16)19(25)23-21-12-17-5-2-10-26-17;16-11-5-6-14(13(17)9-11)22-8-2-4-15(20)19-18-10-12-3-1-7-21-12;1-2-19-13-6-5-10(15)8-12(13)14(18)17-16-9-11-4-3-7-20-11;15-11-3-1-9(2-4-11)14(20)17-16-8-10-7-12(18(21)22)5-6-13(10)19;1-8-2-3-12(19-8)7-14-15-13(18)9-4-10(16)6-11(17)5-9;1-6-2-3-7(14-6)4-10-12-9-11-8(13)5-15-9/h1-12H,(H,22,24)(H,23,25);1,3,5-7,9-10H,2,4,8H2,(H,19,20);3-9H,2H2,1H3,(H,17,18);1-8,19H,(H,17,20);2-7,16-17H,1H3,(H,15,18);2-4H,5H2,1H3,(H,11,12,13)/b21-12+;18-10+;16-9+;16-8+;14-7+;10-4+. The Morgan fingerprint density at radius 3 is 1.65 bits per heavy atom. The number of rotatable bonds is 26. The van der Waals surface area contributed by atoms with Crippen LogP contribution in [-0.2, 0) is 9.59 Å². The number of aromatic hydroxyl groups is 3. The first-order valence-corrected chi connectivity index (χ1v) is 39.0. The highest BCUT2D eigenvalue weighted by Crippen LogP contribution is 2.29. The van der Waals surface area contributed by atoms with E-state index in [0.717, 1.165) is 34.3 Å². The molecule has 13 rings (SSSR count). The van der Waals surface area contributed by atoms with E-state index in [2.05, 4.69) is 89.4 Å². The van der Waals surface area contributed by atoms with Crippen molar-refractivity contribution in [1.29, 1.82) is 0 Å². The topological polar surface area (TPSA) is 478 Å². The third-order valence-corrected chi connectivity index (χ3v) is 17.2. The third kappa shape index (κ3) is 34.0. The lowest BCUT2D eigenvalue weighted by molar-refractivity contribution is -0.384. The maximum atomic E-state index is 12.9. The van der Waals surface area contributed by atoms with Gasteiger partial charge in [0.2, 0.25) is 11.8 Å². The summed E-state index contributed by atoms with van der Waals surface area (Å²) in [5.74, 6) is 2.37. The Morgan fingerprint density at radius 2 is 1.10 bits per heavy atom. The van der Waals surface area contributed by atoms with Gasteiger partial charge in [0.05, 0.1) is 90.6 Å². The summed E-state index contributed by atoms with van der Waals surface area (Å²) in [7, 11) is 0. The number of non-ortho nitro benzene ring substituents is 1. The normalized spacial score (nSPS) is 11.7. The number of amidine groups is 1. The number of nitrogens with one attached hydrogen (secondary N) is 7. The minimum atomic E-state index is -0.594. The Labute approximate surface area is 731 Å². The molecule has 5 aromatic heterocycles. The fourth-order valence-corrected chi connectivity index (χ4v) is 10.9. The van der Waals surface area contributed by atoms with Crippen molar-refractivity contribution in [3.8, 4) is 28.7 Å². The fourth-order valence-electron chi connectivity index (χ4n) is 9.36. The van der Waals surface area contributed by atoms with Crippen LogP contribution in [0.2, 0.25) is 15.1 Å². The predicted molar refractivity (Wildman–Crippen MR) is 468 cm³/mol. The molecule has 638 valence electrons. The number of halogens is 5. The molecule has 1 aliphatic rings. The first-order chi connectivity index (χ1) is 59.7. The summed E-state index contributed by atoms with van der Waals surface area (Å²) in [5.41, 5.74) is 13.6. The highest BCUT2D eigenvalue weighted by molar-refractivity contribution is 9.10. The number of hydrogen-bond acceptors (Lipinski definition) is 27. The molecule has 0 saturated carbocycles. The summed E-state index contributed by atoms with van der Waals surface area (Å²) in [6, 6.07) is 52.5. The Balaban J connectivity index is 0.000000186. The number of carbonyl (C=O) groups excluding carboxylic acids is 7. The highest BCUT2D eigenvalue weighted by atomic mass is 79.9. The lowest BCUT2D eigenvalue weighted by atomic mass is 10.1. The van der Waals surface area contributed by atoms with E-state index in [9.17, 15) is 63.4 Å². The molecule has 7 amide bonds. The van der Waals surface area contributed by atoms with Crippen LogP contribution in [0.15, 0.2) is 287 Å². The largest absolute Gasteiger partial charge is 0.508 e. The number of thioether (sulfide) groups is 1. The number of benzene rings is 7. The highest BCUT2D eigenvalue weighted by Gasteiger charge is 2.18. The van der Waals surface area contributed by atoms with Crippen molar-refractivity contribution in [2.45, 2.75) is 33.6 Å². The van der Waals surface area contributed by atoms with Crippen LogP contribution in [0.5, 0.6) is 28.7 Å². The smallest absolute Gasteiger partial charge is 0.275 e. The van der Waals surface area contributed by atoms with Crippen molar-refractivity contribution in [2.75, 3.05) is 24.3 Å². The van der Waals surface area contributed by atoms with E-state index in [4.69, 9.17) is 66.4 Å². The van der Waals surface area contributed by atoms with Gasteiger partial charge in [-0.2, -0.15) is 30.6 Å². The lowest BCUT2D eigenvalue weighted by Crippen LogP contribution is -2.19. The molecule has 10 N–H and O–H groups in total. The average molecular weight is 1830 g/mol. The maximum Gasteiger partial charge on any atom is 0.275 e. The zero-order valence-electron chi connectivity index (χ0n) is 65.1. The van der Waals surface area contributed by atoms with Crippen molar-refractivity contribution in [3.05, 3.63) is 334 Å². The van der Waals surface area contributed by atoms with E-state index in [1.54, 1.807) is 122 Å². The van der Waals surface area contributed by atoms with E-state index in [1.165, 1.54) is 128 Å². The molecule has 0 bridgehead atoms. The molecule has 0 atom stereocenters. The summed E-state index contributed by atoms with van der Waals surface area (Å²) in [6.07, 6.45) is 13.6. The molecule has 1 fully saturated rings. The number of furan rings is 5. The number of nitro benzene ring substituents is 1. The molecule has 34 nitrogen and oxygen atoms in total. The fraction of sp³-hybridized carbons (Fsp3) is 0.0952. The SMILES string of the molecule is CCOc1ccc(Br)cc1C(=O)N/N=C/c1ccco1.Cc1ccc(/C=N/N=C2NC(=O)CS2)o1.Cc1ccc(/C=N/NC(=O)c2cc(O)cc(O)c2)o1.O=C(CCCOc1ccc(Cl)cc1Cl)N/N=C/c1ccco1.O=C(N/N=C/c1cc([N+](=O)[O-])ccc1O)c1ccc(Cl)cc1.O=C(N/N=C/c1ccco1)c1cccc(NC(=O)c2ccc(F)cc2)c1. The zero-order chi connectivity index (χ0) is 89.1. The van der Waals surface area contributed by atoms with Crippen LogP contribution in [0, 0.1) is 29.8 Å². The second kappa shape index (κ2) is 50.1. The molecule has 0 spiro atoms. The van der Waals surface area contributed by atoms with Gasteiger partial charge in [-0.1, -0.05) is 68.6 Å². The van der Waals surface area contributed by atoms with Gasteiger partial charge in [-0.3, -0.25) is 43.7 Å². The molecule has 1 saturated heterocycles. The number of nitrogens with zero attached hydrogens (tertiary/aromatic N) is 8. The number of hydrogen-bond donors (Lipinski definition) is 10. The molecule has 124 heavy (non-hydrogen) atoms. The van der Waals surface area contributed by atoms with Crippen LogP contribution in [0.4, 0.5) is 15.8 Å². The van der Waals surface area contributed by atoms with Crippen LogP contribution in [0.3, 0.4) is 0 Å². The van der Waals surface area contributed by atoms with E-state index < -0.39 is 34.4 Å². The minimum absolute atomic E-state index is 0.0391. The van der Waals surface area contributed by atoms with Gasteiger partial charge >= 0.3 is 0 Å². The second-order valence-electron chi connectivity index (χ2n) is 24.4. The lowest BCUT2D eigenvalue weighted by Gasteiger charge is -2.09. The Hall–Kier alpha value is -15.1. The summed E-state index contributed by atoms with van der Waals surface area (Å²) in [6.45, 7) is 6.37. The van der Waals surface area contributed by atoms with E-state index in [-0.39, 0.29) is 51.8 Å². The van der Waals surface area contributed by atoms with Crippen LogP contribution >= 0.6 is 62.5 Å². The van der Waals surface area contributed by atoms with Crippen LogP contribution < -0.4 is 47.2 Å². The van der Waals surface area contributed by atoms with E-state index >= 15 is 0 Å². The number of phenols is 3. The van der Waals surface area contributed by atoms with Gasteiger partial charge in [-0.05, 0) is 209 Å². The van der Waals surface area contributed by atoms with Crippen LogP contribution in [0.25, 0.3) is 0 Å². The van der Waals surface area contributed by atoms with E-state index in [1.807, 2.05) is 26.0 Å². The Bertz CT molecular complexity index is 5790. The number of hydrazone groups is 5. The van der Waals surface area contributed by atoms with Gasteiger partial charge in [0.1, 0.15) is 74.9 Å². The van der Waals surface area contributed by atoms with Gasteiger partial charge in [0, 0.05) is 72.6 Å². The number of nitro groups is 1. The van der Waals surface area contributed by atoms with E-state index in [0.29, 0.717) is 120 Å². The van der Waals surface area contributed by atoms with Gasteiger partial charge in [-0.25, -0.2) is 31.5 Å². The first kappa shape index (κ1) is 94.4. The summed E-state index contributed by atoms with van der Waals surface area (Å²) in [4.78, 5) is 92.2. The number of phenolic OH excluding ortho intramolecular Hbond substituents is 3. The molecule has 12 aromatic rings. The van der Waals surface area contributed by atoms with Crippen LogP contribution in [-0.4, -0.2) is 123 Å². The Morgan fingerprint density at radius 1 is 0.556 bits per heavy atom. The molecule has 0 radical (unpaired) electrons. The van der Waals surface area contributed by atoms with Crippen molar-refractivity contribution in [3.63, 3.8) is 0 Å².